The lowest BCUT2D eigenvalue weighted by Gasteiger charge is -2.12. The van der Waals surface area contributed by atoms with Gasteiger partial charge in [0.2, 0.25) is 0 Å². The van der Waals surface area contributed by atoms with Gasteiger partial charge in [0.1, 0.15) is 12.4 Å². The SMILES string of the molecule is O=C(COCC1CC1)c1ccc(F)c(F)c1Cc1ccc(F)cc1Cl. The summed E-state index contributed by atoms with van der Waals surface area (Å²) < 4.78 is 46.4. The fourth-order valence-electron chi connectivity index (χ4n) is 2.56. The number of hydrogen-bond acceptors (Lipinski definition) is 2. The highest BCUT2D eigenvalue weighted by Crippen LogP contribution is 2.29. The van der Waals surface area contributed by atoms with Gasteiger partial charge in [-0.2, -0.15) is 0 Å². The third-order valence-corrected chi connectivity index (χ3v) is 4.51. The molecule has 25 heavy (non-hydrogen) atoms. The number of ether oxygens (including phenoxy) is 1. The van der Waals surface area contributed by atoms with Crippen LogP contribution >= 0.6 is 11.6 Å². The highest BCUT2D eigenvalue weighted by Gasteiger charge is 2.23. The van der Waals surface area contributed by atoms with Gasteiger partial charge in [0.15, 0.2) is 17.4 Å². The first kappa shape index (κ1) is 18.0. The van der Waals surface area contributed by atoms with Crippen molar-refractivity contribution in [1.82, 2.24) is 0 Å². The van der Waals surface area contributed by atoms with Crippen molar-refractivity contribution in [1.29, 1.82) is 0 Å². The Morgan fingerprint density at radius 1 is 1.16 bits per heavy atom. The van der Waals surface area contributed by atoms with Gasteiger partial charge in [-0.15, -0.1) is 0 Å². The average Bonchev–Trinajstić information content (AvgIpc) is 3.38. The summed E-state index contributed by atoms with van der Waals surface area (Å²) >= 11 is 5.96. The van der Waals surface area contributed by atoms with E-state index in [9.17, 15) is 18.0 Å². The number of carbonyl (C=O) groups excluding carboxylic acids is 1. The summed E-state index contributed by atoms with van der Waals surface area (Å²) in [5, 5.41) is 0.0899. The van der Waals surface area contributed by atoms with Gasteiger partial charge >= 0.3 is 0 Å². The van der Waals surface area contributed by atoms with E-state index in [1.807, 2.05) is 0 Å². The molecular formula is C19H16ClF3O2. The molecular weight excluding hydrogens is 353 g/mol. The van der Waals surface area contributed by atoms with E-state index in [-0.39, 0.29) is 29.2 Å². The first-order chi connectivity index (χ1) is 12.0. The molecule has 0 bridgehead atoms. The molecule has 0 amide bonds. The first-order valence-electron chi connectivity index (χ1n) is 7.97. The van der Waals surface area contributed by atoms with Crippen molar-refractivity contribution >= 4 is 17.4 Å². The Morgan fingerprint density at radius 3 is 2.60 bits per heavy atom. The van der Waals surface area contributed by atoms with Gasteiger partial charge in [-0.25, -0.2) is 13.2 Å². The van der Waals surface area contributed by atoms with Gasteiger partial charge < -0.3 is 4.74 Å². The number of benzene rings is 2. The molecule has 0 heterocycles. The number of rotatable bonds is 7. The van der Waals surface area contributed by atoms with Gasteiger partial charge in [0.05, 0.1) is 6.61 Å². The number of hydrogen-bond donors (Lipinski definition) is 0. The Morgan fingerprint density at radius 2 is 1.92 bits per heavy atom. The smallest absolute Gasteiger partial charge is 0.188 e. The number of ketones is 1. The minimum Gasteiger partial charge on any atom is -0.373 e. The second kappa shape index (κ2) is 7.58. The third-order valence-electron chi connectivity index (χ3n) is 4.16. The zero-order chi connectivity index (χ0) is 18.0. The van der Waals surface area contributed by atoms with E-state index in [0.29, 0.717) is 18.1 Å². The number of Topliss-reactive ketones (excluding diaryl/α,β-unsaturated/α-hetero) is 1. The first-order valence-corrected chi connectivity index (χ1v) is 8.35. The van der Waals surface area contributed by atoms with Crippen LogP contribution in [0.25, 0.3) is 0 Å². The van der Waals surface area contributed by atoms with Crippen molar-refractivity contribution in [3.63, 3.8) is 0 Å². The van der Waals surface area contributed by atoms with Gasteiger partial charge in [0, 0.05) is 22.6 Å². The fourth-order valence-corrected chi connectivity index (χ4v) is 2.80. The van der Waals surface area contributed by atoms with Crippen LogP contribution in [0.1, 0.15) is 34.3 Å². The van der Waals surface area contributed by atoms with Crippen molar-refractivity contribution in [2.75, 3.05) is 13.2 Å². The van der Waals surface area contributed by atoms with Crippen LogP contribution in [0.4, 0.5) is 13.2 Å². The monoisotopic (exact) mass is 368 g/mol. The molecule has 2 aromatic carbocycles. The van der Waals surface area contributed by atoms with E-state index < -0.39 is 23.2 Å². The molecule has 0 atom stereocenters. The van der Waals surface area contributed by atoms with Crippen molar-refractivity contribution < 1.29 is 22.7 Å². The summed E-state index contributed by atoms with van der Waals surface area (Å²) in [6.45, 7) is 0.306. The fraction of sp³-hybridized carbons (Fsp3) is 0.316. The third kappa shape index (κ3) is 4.41. The Kier molecular flexibility index (Phi) is 5.45. The van der Waals surface area contributed by atoms with Crippen LogP contribution in [-0.4, -0.2) is 19.0 Å². The van der Waals surface area contributed by atoms with Crippen LogP contribution in [-0.2, 0) is 11.2 Å². The molecule has 1 aliphatic rings. The lowest BCUT2D eigenvalue weighted by atomic mass is 9.96. The predicted octanol–water partition coefficient (Wildman–Crippen LogP) is 4.96. The molecule has 0 aliphatic heterocycles. The van der Waals surface area contributed by atoms with Crippen molar-refractivity contribution in [3.05, 3.63) is 69.5 Å². The van der Waals surface area contributed by atoms with Crippen molar-refractivity contribution in [3.8, 4) is 0 Å². The van der Waals surface area contributed by atoms with E-state index in [1.165, 1.54) is 18.2 Å². The molecule has 3 rings (SSSR count). The molecule has 0 saturated heterocycles. The second-order valence-electron chi connectivity index (χ2n) is 6.18. The standard InChI is InChI=1S/C19H16ClF3O2/c20-16-8-13(21)4-3-12(16)7-15-14(5-6-17(22)19(15)23)18(24)10-25-9-11-1-2-11/h3-6,8,11H,1-2,7,9-10H2. The van der Waals surface area contributed by atoms with Crippen LogP contribution in [0.15, 0.2) is 30.3 Å². The van der Waals surface area contributed by atoms with Crippen molar-refractivity contribution in [2.45, 2.75) is 19.3 Å². The molecule has 1 fully saturated rings. The average molecular weight is 369 g/mol. The molecule has 2 aromatic rings. The lowest BCUT2D eigenvalue weighted by Crippen LogP contribution is -2.15. The molecule has 2 nitrogen and oxygen atoms in total. The summed E-state index contributed by atoms with van der Waals surface area (Å²) in [6.07, 6.45) is 2.06. The Balaban J connectivity index is 1.85. The number of carbonyl (C=O) groups is 1. The van der Waals surface area contributed by atoms with Crippen LogP contribution in [0.5, 0.6) is 0 Å². The van der Waals surface area contributed by atoms with Crippen LogP contribution in [0.3, 0.4) is 0 Å². The second-order valence-corrected chi connectivity index (χ2v) is 6.59. The highest BCUT2D eigenvalue weighted by molar-refractivity contribution is 6.31. The van der Waals surface area contributed by atoms with E-state index >= 15 is 0 Å². The summed E-state index contributed by atoms with van der Waals surface area (Å²) in [4.78, 5) is 12.4. The molecule has 6 heteroatoms. The molecule has 0 radical (unpaired) electrons. The van der Waals surface area contributed by atoms with Crippen LogP contribution in [0, 0.1) is 23.4 Å². The Bertz CT molecular complexity index is 803. The Labute approximate surface area is 148 Å². The topological polar surface area (TPSA) is 26.3 Å². The predicted molar refractivity (Wildman–Crippen MR) is 88.4 cm³/mol. The maximum absolute atomic E-state index is 14.3. The van der Waals surface area contributed by atoms with Crippen LogP contribution < -0.4 is 0 Å². The molecule has 0 unspecified atom stereocenters. The van der Waals surface area contributed by atoms with Gasteiger partial charge in [-0.1, -0.05) is 17.7 Å². The molecule has 132 valence electrons. The normalized spacial score (nSPS) is 13.9. The molecule has 0 spiro atoms. The number of halogens is 4. The Hall–Kier alpha value is -1.85. The largest absolute Gasteiger partial charge is 0.373 e. The summed E-state index contributed by atoms with van der Waals surface area (Å²) in [7, 11) is 0. The zero-order valence-corrected chi connectivity index (χ0v) is 14.1. The quantitative estimate of drug-likeness (QED) is 0.646. The highest BCUT2D eigenvalue weighted by atomic mass is 35.5. The summed E-state index contributed by atoms with van der Waals surface area (Å²) in [5.41, 5.74) is 0.351. The molecule has 1 saturated carbocycles. The summed E-state index contributed by atoms with van der Waals surface area (Å²) in [6, 6.07) is 5.82. The van der Waals surface area contributed by atoms with E-state index in [1.54, 1.807) is 0 Å². The van der Waals surface area contributed by atoms with E-state index in [0.717, 1.165) is 25.0 Å². The van der Waals surface area contributed by atoms with E-state index in [2.05, 4.69) is 0 Å². The van der Waals surface area contributed by atoms with Gasteiger partial charge in [0.25, 0.3) is 0 Å². The van der Waals surface area contributed by atoms with Gasteiger partial charge in [-0.05, 0) is 48.6 Å². The van der Waals surface area contributed by atoms with E-state index in [4.69, 9.17) is 16.3 Å². The van der Waals surface area contributed by atoms with Gasteiger partial charge in [-0.3, -0.25) is 4.79 Å². The minimum absolute atomic E-state index is 0.0510. The molecule has 0 N–H and O–H groups in total. The zero-order valence-electron chi connectivity index (χ0n) is 13.3. The van der Waals surface area contributed by atoms with Crippen LogP contribution in [0.2, 0.25) is 5.02 Å². The minimum atomic E-state index is -1.10. The molecule has 0 aromatic heterocycles. The van der Waals surface area contributed by atoms with Crippen molar-refractivity contribution in [2.24, 2.45) is 5.92 Å². The maximum atomic E-state index is 14.3. The summed E-state index contributed by atoms with van der Waals surface area (Å²) in [5.74, 6) is -2.61. The maximum Gasteiger partial charge on any atom is 0.188 e. The molecule has 1 aliphatic carbocycles. The lowest BCUT2D eigenvalue weighted by molar-refractivity contribution is 0.0738.